The van der Waals surface area contributed by atoms with Crippen LogP contribution in [0.2, 0.25) is 0 Å². The van der Waals surface area contributed by atoms with Crippen LogP contribution in [-0.2, 0) is 9.47 Å². The van der Waals surface area contributed by atoms with Gasteiger partial charge in [-0.2, -0.15) is 0 Å². The molecule has 15 heavy (non-hydrogen) atoms. The summed E-state index contributed by atoms with van der Waals surface area (Å²) < 4.78 is 11.1. The van der Waals surface area contributed by atoms with E-state index in [1.807, 2.05) is 39.8 Å². The number of nitrogens with zero attached hydrogens (tertiary/aromatic N) is 1. The highest BCUT2D eigenvalue weighted by molar-refractivity contribution is 4.85. The van der Waals surface area contributed by atoms with Crippen molar-refractivity contribution in [3.63, 3.8) is 0 Å². The van der Waals surface area contributed by atoms with Crippen LogP contribution >= 0.6 is 0 Å². The molecule has 0 radical (unpaired) electrons. The lowest BCUT2D eigenvalue weighted by molar-refractivity contribution is -0.263. The van der Waals surface area contributed by atoms with Gasteiger partial charge in [0.2, 0.25) is 0 Å². The van der Waals surface area contributed by atoms with Crippen LogP contribution in [-0.4, -0.2) is 54.7 Å². The third-order valence-corrected chi connectivity index (χ3v) is 2.68. The maximum Gasteiger partial charge on any atom is 0.185 e. The van der Waals surface area contributed by atoms with Crippen LogP contribution in [0.4, 0.5) is 0 Å². The van der Waals surface area contributed by atoms with E-state index in [2.05, 4.69) is 0 Å². The van der Waals surface area contributed by atoms with Crippen LogP contribution in [0.3, 0.4) is 0 Å². The van der Waals surface area contributed by atoms with Gasteiger partial charge < -0.3 is 19.5 Å². The topological polar surface area (TPSA) is 41.9 Å². The fraction of sp³-hybridized carbons (Fsp3) is 1.00. The van der Waals surface area contributed by atoms with E-state index in [0.717, 1.165) is 6.42 Å². The molecule has 90 valence electrons. The number of hydrogen-bond acceptors (Lipinski definition) is 4. The summed E-state index contributed by atoms with van der Waals surface area (Å²) in [4.78, 5) is 2.03. The Labute approximate surface area is 92.2 Å². The average molecular weight is 217 g/mol. The molecule has 1 aliphatic heterocycles. The van der Waals surface area contributed by atoms with Crippen molar-refractivity contribution in [2.24, 2.45) is 0 Å². The predicted octanol–water partition coefficient (Wildman–Crippen LogP) is 0.837. The van der Waals surface area contributed by atoms with Gasteiger partial charge in [0.05, 0.1) is 12.2 Å². The predicted molar refractivity (Wildman–Crippen MR) is 58.7 cm³/mol. The summed E-state index contributed by atoms with van der Waals surface area (Å²) in [6.45, 7) is 5.90. The molecule has 0 aliphatic carbocycles. The summed E-state index contributed by atoms with van der Waals surface area (Å²) in [6.07, 6.45) is -0.0337. The van der Waals surface area contributed by atoms with Crippen LogP contribution in [0, 0.1) is 0 Å². The molecule has 1 fully saturated rings. The number of hydrogen-bond donors (Lipinski definition) is 1. The maximum atomic E-state index is 10.1. The highest BCUT2D eigenvalue weighted by Gasteiger charge is 2.38. The molecule has 1 aliphatic rings. The van der Waals surface area contributed by atoms with E-state index < -0.39 is 12.4 Å². The molecule has 0 spiro atoms. The molecule has 4 atom stereocenters. The molecule has 4 unspecified atom stereocenters. The van der Waals surface area contributed by atoms with Gasteiger partial charge in [0.1, 0.15) is 6.10 Å². The molecule has 4 heteroatoms. The van der Waals surface area contributed by atoms with Crippen LogP contribution < -0.4 is 0 Å². The van der Waals surface area contributed by atoms with Crippen molar-refractivity contribution in [3.8, 4) is 0 Å². The molecular formula is C11H23NO3. The Bertz CT molecular complexity index is 194. The highest BCUT2D eigenvalue weighted by Crippen LogP contribution is 2.24. The Balaban J connectivity index is 2.63. The van der Waals surface area contributed by atoms with Crippen LogP contribution in [0.5, 0.6) is 0 Å². The molecule has 0 amide bonds. The summed E-state index contributed by atoms with van der Waals surface area (Å²) in [5, 5.41) is 10.1. The third kappa shape index (κ3) is 3.41. The minimum atomic E-state index is -0.571. The molecule has 0 aromatic rings. The lowest BCUT2D eigenvalue weighted by atomic mass is 9.99. The molecule has 0 saturated carbocycles. The second kappa shape index (κ2) is 5.25. The van der Waals surface area contributed by atoms with Gasteiger partial charge in [-0.05, 0) is 41.3 Å². The van der Waals surface area contributed by atoms with Gasteiger partial charge >= 0.3 is 0 Å². The zero-order valence-electron chi connectivity index (χ0n) is 10.3. The largest absolute Gasteiger partial charge is 0.386 e. The number of likely N-dealkylation sites (N-methyl/N-ethyl adjacent to an activating group) is 1. The van der Waals surface area contributed by atoms with E-state index in [1.54, 1.807) is 0 Å². The zero-order chi connectivity index (χ0) is 11.6. The Kier molecular flexibility index (Phi) is 4.52. The molecular weight excluding hydrogens is 194 g/mol. The van der Waals surface area contributed by atoms with Crippen LogP contribution in [0.1, 0.15) is 27.2 Å². The number of aliphatic hydroxyl groups excluding tert-OH is 1. The van der Waals surface area contributed by atoms with E-state index in [-0.39, 0.29) is 18.2 Å². The maximum absolute atomic E-state index is 10.1. The Hall–Kier alpha value is -0.160. The Morgan fingerprint density at radius 1 is 1.40 bits per heavy atom. The van der Waals surface area contributed by atoms with Crippen molar-refractivity contribution in [2.45, 2.75) is 57.8 Å². The normalized spacial score (nSPS) is 37.6. The molecule has 4 nitrogen and oxygen atoms in total. The van der Waals surface area contributed by atoms with Crippen molar-refractivity contribution in [1.29, 1.82) is 0 Å². The first-order chi connectivity index (χ1) is 6.91. The minimum Gasteiger partial charge on any atom is -0.386 e. The number of aliphatic hydroxyl groups is 1. The van der Waals surface area contributed by atoms with Gasteiger partial charge in [-0.3, -0.25) is 0 Å². The fourth-order valence-electron chi connectivity index (χ4n) is 1.92. The first kappa shape index (κ1) is 12.9. The standard InChI is InChI=1S/C11H23NO3/c1-7(2)14-11-10(13)9(12(4)5)6-8(3)15-11/h7-11,13H,6H2,1-5H3. The van der Waals surface area contributed by atoms with Crippen molar-refractivity contribution in [3.05, 3.63) is 0 Å². The van der Waals surface area contributed by atoms with Gasteiger partial charge in [0.25, 0.3) is 0 Å². The molecule has 0 bridgehead atoms. The van der Waals surface area contributed by atoms with Gasteiger partial charge in [0.15, 0.2) is 6.29 Å². The van der Waals surface area contributed by atoms with E-state index in [4.69, 9.17) is 9.47 Å². The first-order valence-electron chi connectivity index (χ1n) is 5.57. The molecule has 1 saturated heterocycles. The zero-order valence-corrected chi connectivity index (χ0v) is 10.3. The number of rotatable bonds is 3. The molecule has 1 heterocycles. The summed E-state index contributed by atoms with van der Waals surface area (Å²) in [5.74, 6) is 0. The lowest BCUT2D eigenvalue weighted by Crippen LogP contribution is -2.54. The van der Waals surface area contributed by atoms with Gasteiger partial charge in [0, 0.05) is 6.04 Å². The van der Waals surface area contributed by atoms with Crippen molar-refractivity contribution in [1.82, 2.24) is 4.90 Å². The smallest absolute Gasteiger partial charge is 0.185 e. The second-order valence-electron chi connectivity index (χ2n) is 4.76. The summed E-state index contributed by atoms with van der Waals surface area (Å²) in [6, 6.07) is 0.109. The minimum absolute atomic E-state index is 0.0674. The molecule has 1 N–H and O–H groups in total. The van der Waals surface area contributed by atoms with Crippen molar-refractivity contribution < 1.29 is 14.6 Å². The van der Waals surface area contributed by atoms with E-state index in [1.165, 1.54) is 0 Å². The van der Waals surface area contributed by atoms with Crippen LogP contribution in [0.15, 0.2) is 0 Å². The monoisotopic (exact) mass is 217 g/mol. The summed E-state index contributed by atoms with van der Waals surface area (Å²) in [7, 11) is 3.94. The van der Waals surface area contributed by atoms with E-state index in [9.17, 15) is 5.11 Å². The van der Waals surface area contributed by atoms with E-state index >= 15 is 0 Å². The Morgan fingerprint density at radius 3 is 2.47 bits per heavy atom. The van der Waals surface area contributed by atoms with Crippen LogP contribution in [0.25, 0.3) is 0 Å². The van der Waals surface area contributed by atoms with Gasteiger partial charge in [-0.25, -0.2) is 0 Å². The highest BCUT2D eigenvalue weighted by atomic mass is 16.7. The molecule has 0 aromatic carbocycles. The first-order valence-corrected chi connectivity index (χ1v) is 5.57. The van der Waals surface area contributed by atoms with E-state index in [0.29, 0.717) is 0 Å². The van der Waals surface area contributed by atoms with Crippen molar-refractivity contribution >= 4 is 0 Å². The second-order valence-corrected chi connectivity index (χ2v) is 4.76. The Morgan fingerprint density at radius 2 is 2.00 bits per heavy atom. The SMILES string of the molecule is CC(C)OC1OC(C)CC(N(C)C)C1O. The lowest BCUT2D eigenvalue weighted by Gasteiger charge is -2.41. The third-order valence-electron chi connectivity index (χ3n) is 2.68. The van der Waals surface area contributed by atoms with Crippen molar-refractivity contribution in [2.75, 3.05) is 14.1 Å². The quantitative estimate of drug-likeness (QED) is 0.760. The summed E-state index contributed by atoms with van der Waals surface area (Å²) >= 11 is 0. The van der Waals surface area contributed by atoms with Gasteiger partial charge in [-0.1, -0.05) is 0 Å². The molecule has 1 rings (SSSR count). The average Bonchev–Trinajstić information content (AvgIpc) is 2.09. The fourth-order valence-corrected chi connectivity index (χ4v) is 1.92. The molecule has 0 aromatic heterocycles. The summed E-state index contributed by atoms with van der Waals surface area (Å²) in [5.41, 5.74) is 0. The number of ether oxygens (including phenoxy) is 2. The van der Waals surface area contributed by atoms with Gasteiger partial charge in [-0.15, -0.1) is 0 Å².